The van der Waals surface area contributed by atoms with E-state index in [1.807, 2.05) is 31.2 Å². The van der Waals surface area contributed by atoms with Crippen molar-refractivity contribution < 1.29 is 13.9 Å². The predicted molar refractivity (Wildman–Crippen MR) is 104 cm³/mol. The van der Waals surface area contributed by atoms with Crippen LogP contribution in [0.5, 0.6) is 0 Å². The van der Waals surface area contributed by atoms with Gasteiger partial charge in [0, 0.05) is 17.3 Å². The maximum atomic E-state index is 12.3. The van der Waals surface area contributed by atoms with Gasteiger partial charge in [0.05, 0.1) is 6.61 Å². The van der Waals surface area contributed by atoms with Gasteiger partial charge in [-0.3, -0.25) is 0 Å². The van der Waals surface area contributed by atoms with Gasteiger partial charge in [-0.25, -0.2) is 14.8 Å². The summed E-state index contributed by atoms with van der Waals surface area (Å²) in [6.45, 7) is 7.49. The highest BCUT2D eigenvalue weighted by Crippen LogP contribution is 2.30. The molecule has 0 spiro atoms. The van der Waals surface area contributed by atoms with Gasteiger partial charge in [0.1, 0.15) is 23.0 Å². The second-order valence-corrected chi connectivity index (χ2v) is 6.27. The maximum Gasteiger partial charge on any atom is 0.343 e. The number of rotatable bonds is 5. The highest BCUT2D eigenvalue weighted by molar-refractivity contribution is 5.95. The molecule has 0 radical (unpaired) electrons. The first-order valence-electron chi connectivity index (χ1n) is 8.82. The molecule has 1 N–H and O–H groups in total. The molecule has 0 saturated heterocycles. The lowest BCUT2D eigenvalue weighted by Crippen LogP contribution is -2.11. The molecule has 7 heteroatoms. The average molecular weight is 376 g/mol. The molecule has 7 nitrogen and oxygen atoms in total. The van der Waals surface area contributed by atoms with Crippen LogP contribution in [0.4, 0.5) is 11.7 Å². The molecule has 2 aromatic heterocycles. The third-order valence-electron chi connectivity index (χ3n) is 4.29. The molecule has 28 heavy (non-hydrogen) atoms. The van der Waals surface area contributed by atoms with E-state index in [1.54, 1.807) is 20.8 Å². The van der Waals surface area contributed by atoms with Gasteiger partial charge in [0.25, 0.3) is 0 Å². The van der Waals surface area contributed by atoms with Crippen LogP contribution in [0.3, 0.4) is 0 Å². The molecular formula is C21H20N4O3. The quantitative estimate of drug-likeness (QED) is 0.656. The van der Waals surface area contributed by atoms with Crippen molar-refractivity contribution in [2.24, 2.45) is 0 Å². The lowest BCUT2D eigenvalue weighted by molar-refractivity contribution is 0.0526. The number of nitrogens with zero attached hydrogens (tertiary/aromatic N) is 3. The summed E-state index contributed by atoms with van der Waals surface area (Å²) in [5.74, 6) is 0.953. The molecule has 0 aliphatic heterocycles. The Morgan fingerprint density at radius 3 is 2.79 bits per heavy atom. The SMILES string of the molecule is CCOC(=O)c1cnc(-c2cccc(C)c2)nc1Nc1oc(C)c(C)c1C#N. The summed E-state index contributed by atoms with van der Waals surface area (Å²) < 4.78 is 10.8. The van der Waals surface area contributed by atoms with Gasteiger partial charge in [-0.05, 0) is 33.8 Å². The van der Waals surface area contributed by atoms with Crippen molar-refractivity contribution in [3.05, 3.63) is 58.5 Å². The van der Waals surface area contributed by atoms with Gasteiger partial charge in [0.2, 0.25) is 5.88 Å². The molecule has 0 unspecified atom stereocenters. The Bertz CT molecular complexity index is 1080. The second-order valence-electron chi connectivity index (χ2n) is 6.27. The molecule has 0 aliphatic rings. The Hall–Kier alpha value is -3.66. The fraction of sp³-hybridized carbons (Fsp3) is 0.238. The van der Waals surface area contributed by atoms with E-state index in [2.05, 4.69) is 21.4 Å². The van der Waals surface area contributed by atoms with Gasteiger partial charge < -0.3 is 14.5 Å². The van der Waals surface area contributed by atoms with Crippen LogP contribution in [0.15, 0.2) is 34.9 Å². The summed E-state index contributed by atoms with van der Waals surface area (Å²) in [6, 6.07) is 9.84. The van der Waals surface area contributed by atoms with Crippen molar-refractivity contribution in [1.29, 1.82) is 5.26 Å². The fourth-order valence-electron chi connectivity index (χ4n) is 2.72. The van der Waals surface area contributed by atoms with Gasteiger partial charge in [-0.15, -0.1) is 0 Å². The molecule has 0 saturated carbocycles. The number of carbonyl (C=O) groups is 1. The van der Waals surface area contributed by atoms with Crippen molar-refractivity contribution in [1.82, 2.24) is 9.97 Å². The molecule has 142 valence electrons. The number of aryl methyl sites for hydroxylation is 2. The molecule has 0 atom stereocenters. The van der Waals surface area contributed by atoms with Crippen LogP contribution in [-0.2, 0) is 4.74 Å². The zero-order valence-electron chi connectivity index (χ0n) is 16.2. The number of nitrogens with one attached hydrogen (secondary N) is 1. The number of aromatic nitrogens is 2. The molecule has 2 heterocycles. The maximum absolute atomic E-state index is 12.3. The zero-order chi connectivity index (χ0) is 20.3. The van der Waals surface area contributed by atoms with Crippen LogP contribution >= 0.6 is 0 Å². The molecule has 1 aromatic carbocycles. The molecule has 3 rings (SSSR count). The van der Waals surface area contributed by atoms with Gasteiger partial charge in [-0.1, -0.05) is 23.8 Å². The van der Waals surface area contributed by atoms with Crippen molar-refractivity contribution in [3.63, 3.8) is 0 Å². The van der Waals surface area contributed by atoms with Gasteiger partial charge in [-0.2, -0.15) is 5.26 Å². The van der Waals surface area contributed by atoms with Crippen molar-refractivity contribution >= 4 is 17.7 Å². The van der Waals surface area contributed by atoms with Crippen molar-refractivity contribution in [2.75, 3.05) is 11.9 Å². The smallest absolute Gasteiger partial charge is 0.343 e. The largest absolute Gasteiger partial charge is 0.462 e. The third kappa shape index (κ3) is 3.71. The average Bonchev–Trinajstić information content (AvgIpc) is 2.94. The number of nitriles is 1. The van der Waals surface area contributed by atoms with E-state index in [1.165, 1.54) is 6.20 Å². The van der Waals surface area contributed by atoms with Crippen molar-refractivity contribution in [2.45, 2.75) is 27.7 Å². The highest BCUT2D eigenvalue weighted by atomic mass is 16.5. The number of carbonyl (C=O) groups excluding carboxylic acids is 1. The number of hydrogen-bond acceptors (Lipinski definition) is 7. The fourth-order valence-corrected chi connectivity index (χ4v) is 2.72. The Labute approximate surface area is 163 Å². The Morgan fingerprint density at radius 1 is 1.32 bits per heavy atom. The topological polar surface area (TPSA) is 101 Å². The summed E-state index contributed by atoms with van der Waals surface area (Å²) in [4.78, 5) is 21.2. The summed E-state index contributed by atoms with van der Waals surface area (Å²) in [5, 5.41) is 12.4. The first-order chi connectivity index (χ1) is 13.4. The highest BCUT2D eigenvalue weighted by Gasteiger charge is 2.21. The molecule has 0 bridgehead atoms. The van der Waals surface area contributed by atoms with Crippen LogP contribution in [0.25, 0.3) is 11.4 Å². The van der Waals surface area contributed by atoms with Crippen LogP contribution in [0.2, 0.25) is 0 Å². The minimum atomic E-state index is -0.556. The molecule has 3 aromatic rings. The zero-order valence-corrected chi connectivity index (χ0v) is 16.2. The first-order valence-corrected chi connectivity index (χ1v) is 8.82. The molecule has 0 fully saturated rings. The number of anilines is 2. The number of furan rings is 1. The Balaban J connectivity index is 2.10. The number of hydrogen-bond donors (Lipinski definition) is 1. The van der Waals surface area contributed by atoms with Crippen LogP contribution < -0.4 is 5.32 Å². The molecule has 0 amide bonds. The summed E-state index contributed by atoms with van der Waals surface area (Å²) in [7, 11) is 0. The van der Waals surface area contributed by atoms with Gasteiger partial charge >= 0.3 is 5.97 Å². The lowest BCUT2D eigenvalue weighted by Gasteiger charge is -2.11. The van der Waals surface area contributed by atoms with Crippen LogP contribution in [0.1, 0.15) is 39.7 Å². The van der Waals surface area contributed by atoms with E-state index in [9.17, 15) is 10.1 Å². The Kier molecular flexibility index (Phi) is 5.41. The molecular weight excluding hydrogens is 356 g/mol. The summed E-state index contributed by atoms with van der Waals surface area (Å²) >= 11 is 0. The minimum Gasteiger partial charge on any atom is -0.462 e. The number of esters is 1. The van der Waals surface area contributed by atoms with E-state index in [0.29, 0.717) is 17.1 Å². The number of ether oxygens (including phenoxy) is 1. The lowest BCUT2D eigenvalue weighted by atomic mass is 10.1. The normalized spacial score (nSPS) is 10.4. The number of benzene rings is 1. The van der Waals surface area contributed by atoms with E-state index in [0.717, 1.165) is 16.7 Å². The van der Waals surface area contributed by atoms with E-state index in [-0.39, 0.29) is 23.9 Å². The standard InChI is InChI=1S/C21H20N4O3/c1-5-27-21(26)17-11-23-18(15-8-6-7-12(2)9-15)24-19(17)25-20-16(10-22)13(3)14(4)28-20/h6-9,11H,5H2,1-4H3,(H,23,24,25). The van der Waals surface area contributed by atoms with E-state index in [4.69, 9.17) is 9.15 Å². The van der Waals surface area contributed by atoms with E-state index < -0.39 is 5.97 Å². The third-order valence-corrected chi connectivity index (χ3v) is 4.29. The Morgan fingerprint density at radius 2 is 2.11 bits per heavy atom. The van der Waals surface area contributed by atoms with Crippen LogP contribution in [-0.4, -0.2) is 22.5 Å². The summed E-state index contributed by atoms with van der Waals surface area (Å²) in [5.41, 5.74) is 3.13. The monoisotopic (exact) mass is 376 g/mol. The first kappa shape index (κ1) is 19.1. The van der Waals surface area contributed by atoms with Crippen molar-refractivity contribution in [3.8, 4) is 17.5 Å². The van der Waals surface area contributed by atoms with Crippen LogP contribution in [0, 0.1) is 32.1 Å². The predicted octanol–water partition coefficient (Wildman–Crippen LogP) is 4.45. The van der Waals surface area contributed by atoms with Gasteiger partial charge in [0.15, 0.2) is 11.6 Å². The minimum absolute atomic E-state index is 0.161. The molecule has 0 aliphatic carbocycles. The second kappa shape index (κ2) is 7.92. The summed E-state index contributed by atoms with van der Waals surface area (Å²) in [6.07, 6.45) is 1.42. The van der Waals surface area contributed by atoms with E-state index >= 15 is 0 Å².